The molecule has 1 aromatic rings. The fraction of sp³-hybridized carbons (Fsp3) is 0.429. The van der Waals surface area contributed by atoms with Gasteiger partial charge in [0.25, 0.3) is 0 Å². The second-order valence-electron chi connectivity index (χ2n) is 4.51. The molecule has 0 saturated carbocycles. The number of hydrogen-bond acceptors (Lipinski definition) is 4. The van der Waals surface area contributed by atoms with Crippen molar-refractivity contribution in [3.8, 4) is 6.19 Å². The number of nitrogens with zero attached hydrogens (tertiary/aromatic N) is 3. The van der Waals surface area contributed by atoms with Crippen molar-refractivity contribution in [2.75, 3.05) is 19.3 Å². The lowest BCUT2D eigenvalue weighted by molar-refractivity contribution is 0.331. The average Bonchev–Trinajstić information content (AvgIpc) is 2.93. The molecular weight excluding hydrogens is 256 g/mol. The lowest BCUT2D eigenvalue weighted by Crippen LogP contribution is -2.18. The summed E-state index contributed by atoms with van der Waals surface area (Å²) in [5.41, 5.74) is 2.19. The van der Waals surface area contributed by atoms with E-state index < -0.39 is 0 Å². The minimum absolute atomic E-state index is 0.620. The van der Waals surface area contributed by atoms with Crippen LogP contribution in [0.5, 0.6) is 0 Å². The highest BCUT2D eigenvalue weighted by Gasteiger charge is 2.11. The predicted octanol–water partition coefficient (Wildman–Crippen LogP) is 2.70. The van der Waals surface area contributed by atoms with E-state index in [2.05, 4.69) is 27.3 Å². The predicted molar refractivity (Wildman–Crippen MR) is 80.3 cm³/mol. The van der Waals surface area contributed by atoms with Gasteiger partial charge in [-0.3, -0.25) is 10.2 Å². The van der Waals surface area contributed by atoms with Gasteiger partial charge >= 0.3 is 0 Å². The van der Waals surface area contributed by atoms with Crippen LogP contribution in [-0.2, 0) is 6.54 Å². The van der Waals surface area contributed by atoms with Crippen LogP contribution in [0.4, 0.5) is 5.69 Å². The van der Waals surface area contributed by atoms with E-state index >= 15 is 0 Å². The van der Waals surface area contributed by atoms with Gasteiger partial charge < -0.3 is 0 Å². The molecule has 0 aliphatic carbocycles. The van der Waals surface area contributed by atoms with E-state index in [1.807, 2.05) is 24.6 Å². The molecule has 1 saturated heterocycles. The summed E-state index contributed by atoms with van der Waals surface area (Å²) < 4.78 is 0. The first-order valence-corrected chi connectivity index (χ1v) is 7.63. The minimum Gasteiger partial charge on any atom is -0.299 e. The Labute approximate surface area is 118 Å². The molecule has 100 valence electrons. The quantitative estimate of drug-likeness (QED) is 0.398. The fourth-order valence-electron chi connectivity index (χ4n) is 2.16. The van der Waals surface area contributed by atoms with Gasteiger partial charge in [0.15, 0.2) is 11.4 Å². The summed E-state index contributed by atoms with van der Waals surface area (Å²) in [6.45, 7) is 3.45. The van der Waals surface area contributed by atoms with Gasteiger partial charge in [-0.25, -0.2) is 4.99 Å². The highest BCUT2D eigenvalue weighted by atomic mass is 32.2. The molecule has 4 nitrogen and oxygen atoms in total. The lowest BCUT2D eigenvalue weighted by Gasteiger charge is -2.14. The highest BCUT2D eigenvalue weighted by Crippen LogP contribution is 2.17. The van der Waals surface area contributed by atoms with Crippen LogP contribution in [-0.4, -0.2) is 29.4 Å². The number of nitrogens with one attached hydrogen (secondary N) is 1. The van der Waals surface area contributed by atoms with Gasteiger partial charge in [-0.2, -0.15) is 5.26 Å². The van der Waals surface area contributed by atoms with Gasteiger partial charge in [-0.05, 0) is 49.9 Å². The van der Waals surface area contributed by atoms with E-state index in [4.69, 9.17) is 5.26 Å². The van der Waals surface area contributed by atoms with Crippen LogP contribution in [0, 0.1) is 11.5 Å². The molecule has 1 fully saturated rings. The van der Waals surface area contributed by atoms with E-state index in [0.29, 0.717) is 5.17 Å². The molecule has 1 aliphatic rings. The van der Waals surface area contributed by atoms with Crippen LogP contribution < -0.4 is 5.32 Å². The Kier molecular flexibility index (Phi) is 5.25. The van der Waals surface area contributed by atoms with Crippen molar-refractivity contribution in [1.29, 1.82) is 5.26 Å². The molecule has 19 heavy (non-hydrogen) atoms. The summed E-state index contributed by atoms with van der Waals surface area (Å²) >= 11 is 1.43. The summed E-state index contributed by atoms with van der Waals surface area (Å²) in [6.07, 6.45) is 6.42. The number of aliphatic imine (C=N–C) groups is 1. The molecule has 0 radical (unpaired) electrons. The molecule has 0 unspecified atom stereocenters. The largest absolute Gasteiger partial charge is 0.299 e. The molecule has 0 amide bonds. The second kappa shape index (κ2) is 7.17. The Morgan fingerprint density at radius 1 is 1.37 bits per heavy atom. The molecule has 1 heterocycles. The number of amidine groups is 1. The first kappa shape index (κ1) is 13.9. The number of rotatable bonds is 3. The monoisotopic (exact) mass is 274 g/mol. The van der Waals surface area contributed by atoms with Crippen LogP contribution in [0.2, 0.25) is 0 Å². The van der Waals surface area contributed by atoms with Crippen molar-refractivity contribution in [2.24, 2.45) is 4.99 Å². The van der Waals surface area contributed by atoms with Crippen LogP contribution in [0.3, 0.4) is 0 Å². The van der Waals surface area contributed by atoms with Gasteiger partial charge in [-0.1, -0.05) is 23.9 Å². The Balaban J connectivity index is 1.99. The third-order valence-corrected chi connectivity index (χ3v) is 3.71. The maximum atomic E-state index is 8.59. The molecular formula is C14H18N4S. The molecule has 0 aromatic heterocycles. The Morgan fingerprint density at radius 2 is 2.05 bits per heavy atom. The van der Waals surface area contributed by atoms with E-state index in [0.717, 1.165) is 12.2 Å². The summed E-state index contributed by atoms with van der Waals surface area (Å²) in [5.74, 6) is 0. The number of hydrogen-bond donors (Lipinski definition) is 1. The number of benzene rings is 1. The number of nitriles is 1. The molecule has 0 spiro atoms. The molecule has 0 bridgehead atoms. The van der Waals surface area contributed by atoms with Gasteiger partial charge in [0.1, 0.15) is 0 Å². The zero-order valence-electron chi connectivity index (χ0n) is 11.1. The molecule has 1 N–H and O–H groups in total. The first-order valence-electron chi connectivity index (χ1n) is 6.41. The van der Waals surface area contributed by atoms with Crippen molar-refractivity contribution >= 4 is 22.6 Å². The van der Waals surface area contributed by atoms with E-state index in [1.165, 1.54) is 43.3 Å². The number of thioether (sulfide) groups is 1. The summed E-state index contributed by atoms with van der Waals surface area (Å²) in [5, 5.41) is 11.8. The Bertz CT molecular complexity index is 469. The first-order chi connectivity index (χ1) is 9.31. The third-order valence-electron chi connectivity index (χ3n) is 3.13. The summed E-state index contributed by atoms with van der Waals surface area (Å²) in [6, 6.07) is 8.23. The summed E-state index contributed by atoms with van der Waals surface area (Å²) in [4.78, 5) is 6.85. The van der Waals surface area contributed by atoms with Gasteiger partial charge in [-0.15, -0.1) is 0 Å². The molecule has 1 aromatic carbocycles. The molecule has 5 heteroatoms. The van der Waals surface area contributed by atoms with Crippen molar-refractivity contribution < 1.29 is 0 Å². The zero-order valence-corrected chi connectivity index (χ0v) is 11.9. The standard InChI is InChI=1S/C14H18N4S/c1-19-14(16-11-15)17-13-6-4-12(5-7-13)10-18-8-2-3-9-18/h4-7H,2-3,8-10H2,1H3,(H,16,17). The second-order valence-corrected chi connectivity index (χ2v) is 5.30. The van der Waals surface area contributed by atoms with Crippen molar-refractivity contribution in [3.63, 3.8) is 0 Å². The maximum absolute atomic E-state index is 8.59. The highest BCUT2D eigenvalue weighted by molar-refractivity contribution is 8.13. The molecule has 2 rings (SSSR count). The van der Waals surface area contributed by atoms with Crippen molar-refractivity contribution in [1.82, 2.24) is 10.2 Å². The zero-order chi connectivity index (χ0) is 13.5. The average molecular weight is 274 g/mol. The topological polar surface area (TPSA) is 51.4 Å². The third kappa shape index (κ3) is 4.27. The molecule has 1 aliphatic heterocycles. The van der Waals surface area contributed by atoms with Crippen LogP contribution >= 0.6 is 11.8 Å². The fourth-order valence-corrected chi connectivity index (χ4v) is 2.51. The smallest absolute Gasteiger partial charge is 0.183 e. The van der Waals surface area contributed by atoms with E-state index in [9.17, 15) is 0 Å². The van der Waals surface area contributed by atoms with E-state index in [1.54, 1.807) is 0 Å². The normalized spacial score (nSPS) is 16.3. The van der Waals surface area contributed by atoms with Crippen molar-refractivity contribution in [3.05, 3.63) is 29.8 Å². The lowest BCUT2D eigenvalue weighted by atomic mass is 10.2. The van der Waals surface area contributed by atoms with Crippen LogP contribution in [0.25, 0.3) is 0 Å². The van der Waals surface area contributed by atoms with Crippen LogP contribution in [0.1, 0.15) is 18.4 Å². The van der Waals surface area contributed by atoms with Gasteiger partial charge in [0, 0.05) is 6.54 Å². The van der Waals surface area contributed by atoms with Crippen molar-refractivity contribution in [2.45, 2.75) is 19.4 Å². The SMILES string of the molecule is CSC(=Nc1ccc(CN2CCCC2)cc1)NC#N. The minimum atomic E-state index is 0.620. The maximum Gasteiger partial charge on any atom is 0.183 e. The Morgan fingerprint density at radius 3 is 2.63 bits per heavy atom. The van der Waals surface area contributed by atoms with Gasteiger partial charge in [0.2, 0.25) is 0 Å². The number of likely N-dealkylation sites (tertiary alicyclic amines) is 1. The summed E-state index contributed by atoms with van der Waals surface area (Å²) in [7, 11) is 0. The van der Waals surface area contributed by atoms with Gasteiger partial charge in [0.05, 0.1) is 5.69 Å². The van der Waals surface area contributed by atoms with E-state index in [-0.39, 0.29) is 0 Å². The molecule has 0 atom stereocenters. The van der Waals surface area contributed by atoms with Crippen LogP contribution in [0.15, 0.2) is 29.3 Å². The Hall–Kier alpha value is -1.51.